The highest BCUT2D eigenvalue weighted by Gasteiger charge is 2.33. The summed E-state index contributed by atoms with van der Waals surface area (Å²) in [6.07, 6.45) is 2.01. The summed E-state index contributed by atoms with van der Waals surface area (Å²) in [4.78, 5) is 28.6. The van der Waals surface area contributed by atoms with E-state index in [2.05, 4.69) is 5.32 Å². The van der Waals surface area contributed by atoms with E-state index in [1.807, 2.05) is 6.92 Å². The molecule has 0 bridgehead atoms. The lowest BCUT2D eigenvalue weighted by Crippen LogP contribution is -2.52. The molecule has 0 saturated carbocycles. The molecular weight excluding hydrogens is 533 g/mol. The number of ether oxygens (including phenoxy) is 1. The van der Waals surface area contributed by atoms with Gasteiger partial charge in [0.1, 0.15) is 24.2 Å². The maximum atomic E-state index is 14.0. The first-order chi connectivity index (χ1) is 19.2. The summed E-state index contributed by atoms with van der Waals surface area (Å²) in [7, 11) is -2.65. The van der Waals surface area contributed by atoms with Crippen LogP contribution in [-0.2, 0) is 26.2 Å². The predicted molar refractivity (Wildman–Crippen MR) is 153 cm³/mol. The number of rotatable bonds is 14. The second kappa shape index (κ2) is 14.5. The summed E-state index contributed by atoms with van der Waals surface area (Å²) in [5, 5.41) is 2.89. The van der Waals surface area contributed by atoms with E-state index < -0.39 is 34.3 Å². The standard InChI is InChI=1S/C30H36FN3O5S/c1-4-6-20-32-30(36)28(5-2)33(21-23-12-18-26(39-3)19-13-23)29(35)22-34(25-16-14-24(31)15-17-25)40(37,38)27-10-8-7-9-11-27/h7-19,28H,4-6,20-22H2,1-3H3,(H,32,36). The number of carbonyl (C=O) groups is 2. The number of anilines is 1. The van der Waals surface area contributed by atoms with Gasteiger partial charge < -0.3 is 15.0 Å². The Hall–Kier alpha value is -3.92. The van der Waals surface area contributed by atoms with Gasteiger partial charge in [0.25, 0.3) is 10.0 Å². The lowest BCUT2D eigenvalue weighted by Gasteiger charge is -2.33. The molecule has 0 aliphatic rings. The molecule has 0 heterocycles. The highest BCUT2D eigenvalue weighted by molar-refractivity contribution is 7.92. The molecule has 0 aliphatic carbocycles. The van der Waals surface area contributed by atoms with Crippen LogP contribution in [0.2, 0.25) is 0 Å². The van der Waals surface area contributed by atoms with Gasteiger partial charge in [0, 0.05) is 13.1 Å². The van der Waals surface area contributed by atoms with Crippen molar-refractivity contribution in [1.29, 1.82) is 0 Å². The van der Waals surface area contributed by atoms with Crippen molar-refractivity contribution in [2.45, 2.75) is 50.6 Å². The molecule has 214 valence electrons. The largest absolute Gasteiger partial charge is 0.497 e. The number of halogens is 1. The molecule has 0 fully saturated rings. The first-order valence-corrected chi connectivity index (χ1v) is 14.7. The normalized spacial score (nSPS) is 11.9. The summed E-state index contributed by atoms with van der Waals surface area (Å²) < 4.78 is 47.3. The molecule has 40 heavy (non-hydrogen) atoms. The van der Waals surface area contributed by atoms with Crippen LogP contribution in [0.5, 0.6) is 5.75 Å². The highest BCUT2D eigenvalue weighted by atomic mass is 32.2. The van der Waals surface area contributed by atoms with Crippen LogP contribution in [0.15, 0.2) is 83.8 Å². The molecule has 1 unspecified atom stereocenters. The van der Waals surface area contributed by atoms with Gasteiger partial charge in [0.05, 0.1) is 17.7 Å². The number of nitrogens with one attached hydrogen (secondary N) is 1. The molecule has 1 atom stereocenters. The molecule has 0 aliphatic heterocycles. The SMILES string of the molecule is CCCCNC(=O)C(CC)N(Cc1ccc(OC)cc1)C(=O)CN(c1ccc(F)cc1)S(=O)(=O)c1ccccc1. The zero-order valence-electron chi connectivity index (χ0n) is 23.0. The number of unbranched alkanes of at least 4 members (excludes halogenated alkanes) is 1. The minimum Gasteiger partial charge on any atom is -0.497 e. The van der Waals surface area contributed by atoms with E-state index in [1.54, 1.807) is 56.5 Å². The first-order valence-electron chi connectivity index (χ1n) is 13.2. The van der Waals surface area contributed by atoms with E-state index in [0.717, 1.165) is 34.8 Å². The van der Waals surface area contributed by atoms with Crippen molar-refractivity contribution in [3.63, 3.8) is 0 Å². The van der Waals surface area contributed by atoms with E-state index in [0.29, 0.717) is 18.7 Å². The van der Waals surface area contributed by atoms with Crippen molar-refractivity contribution < 1.29 is 27.1 Å². The van der Waals surface area contributed by atoms with Gasteiger partial charge in [-0.2, -0.15) is 0 Å². The molecule has 0 spiro atoms. The summed E-state index contributed by atoms with van der Waals surface area (Å²) in [5.41, 5.74) is 0.872. The highest BCUT2D eigenvalue weighted by Crippen LogP contribution is 2.25. The summed E-state index contributed by atoms with van der Waals surface area (Å²) in [6, 6.07) is 18.9. The van der Waals surface area contributed by atoms with Gasteiger partial charge in [-0.25, -0.2) is 12.8 Å². The molecule has 2 amide bonds. The Balaban J connectivity index is 2.01. The Morgan fingerprint density at radius 3 is 2.17 bits per heavy atom. The second-order valence-corrected chi connectivity index (χ2v) is 11.1. The van der Waals surface area contributed by atoms with Crippen molar-refractivity contribution in [2.75, 3.05) is 24.5 Å². The van der Waals surface area contributed by atoms with Crippen LogP contribution in [-0.4, -0.2) is 51.4 Å². The molecule has 0 saturated heterocycles. The van der Waals surface area contributed by atoms with Gasteiger partial charge in [-0.3, -0.25) is 13.9 Å². The molecule has 3 aromatic carbocycles. The van der Waals surface area contributed by atoms with Crippen molar-refractivity contribution in [3.8, 4) is 5.75 Å². The average molecular weight is 570 g/mol. The molecule has 10 heteroatoms. The van der Waals surface area contributed by atoms with Crippen molar-refractivity contribution in [1.82, 2.24) is 10.2 Å². The molecule has 0 aromatic heterocycles. The van der Waals surface area contributed by atoms with E-state index in [-0.39, 0.29) is 23.0 Å². The molecule has 3 aromatic rings. The third-order valence-electron chi connectivity index (χ3n) is 6.45. The van der Waals surface area contributed by atoms with Gasteiger partial charge in [-0.15, -0.1) is 0 Å². The van der Waals surface area contributed by atoms with Crippen molar-refractivity contribution in [3.05, 3.63) is 90.2 Å². The Morgan fingerprint density at radius 2 is 1.60 bits per heavy atom. The van der Waals surface area contributed by atoms with Gasteiger partial charge in [0.2, 0.25) is 11.8 Å². The van der Waals surface area contributed by atoms with Gasteiger partial charge in [-0.1, -0.05) is 50.6 Å². The third-order valence-corrected chi connectivity index (χ3v) is 8.24. The monoisotopic (exact) mass is 569 g/mol. The van der Waals surface area contributed by atoms with Crippen molar-refractivity contribution in [2.24, 2.45) is 0 Å². The second-order valence-electron chi connectivity index (χ2n) is 9.24. The number of nitrogens with zero attached hydrogens (tertiary/aromatic N) is 2. The first kappa shape index (κ1) is 30.6. The predicted octanol–water partition coefficient (Wildman–Crippen LogP) is 4.75. The van der Waals surface area contributed by atoms with Gasteiger partial charge >= 0.3 is 0 Å². The van der Waals surface area contributed by atoms with Gasteiger partial charge in [-0.05, 0) is 66.9 Å². The Labute approximate surface area is 235 Å². The number of hydrogen-bond acceptors (Lipinski definition) is 5. The van der Waals surface area contributed by atoms with Crippen LogP contribution in [0.25, 0.3) is 0 Å². The Morgan fingerprint density at radius 1 is 0.950 bits per heavy atom. The zero-order chi connectivity index (χ0) is 29.1. The van der Waals surface area contributed by atoms with Crippen LogP contribution in [0.1, 0.15) is 38.7 Å². The molecule has 1 N–H and O–H groups in total. The molecule has 0 radical (unpaired) electrons. The number of amides is 2. The Bertz CT molecular complexity index is 1350. The number of carbonyl (C=O) groups excluding carboxylic acids is 2. The fourth-order valence-corrected chi connectivity index (χ4v) is 5.64. The fraction of sp³-hybridized carbons (Fsp3) is 0.333. The number of methoxy groups -OCH3 is 1. The topological polar surface area (TPSA) is 96.0 Å². The number of hydrogen-bond donors (Lipinski definition) is 1. The number of benzene rings is 3. The average Bonchev–Trinajstić information content (AvgIpc) is 2.97. The maximum Gasteiger partial charge on any atom is 0.264 e. The van der Waals surface area contributed by atoms with Gasteiger partial charge in [0.15, 0.2) is 0 Å². The summed E-state index contributed by atoms with van der Waals surface area (Å²) in [6.45, 7) is 3.78. The van der Waals surface area contributed by atoms with Crippen LogP contribution >= 0.6 is 0 Å². The van der Waals surface area contributed by atoms with Crippen LogP contribution in [0, 0.1) is 5.82 Å². The third kappa shape index (κ3) is 7.81. The number of sulfonamides is 1. The van der Waals surface area contributed by atoms with Crippen molar-refractivity contribution >= 4 is 27.5 Å². The zero-order valence-corrected chi connectivity index (χ0v) is 23.9. The Kier molecular flexibility index (Phi) is 11.1. The van der Waals surface area contributed by atoms with Crippen LogP contribution in [0.4, 0.5) is 10.1 Å². The van der Waals surface area contributed by atoms with E-state index in [1.165, 1.54) is 29.2 Å². The quantitative estimate of drug-likeness (QED) is 0.283. The fourth-order valence-electron chi connectivity index (χ4n) is 4.21. The van der Waals surface area contributed by atoms with E-state index in [9.17, 15) is 22.4 Å². The lowest BCUT2D eigenvalue weighted by molar-refractivity contribution is -0.140. The minimum atomic E-state index is -4.20. The molecular formula is C30H36FN3O5S. The lowest BCUT2D eigenvalue weighted by atomic mass is 10.1. The molecule has 3 rings (SSSR count). The van der Waals surface area contributed by atoms with Crippen LogP contribution < -0.4 is 14.4 Å². The maximum absolute atomic E-state index is 14.0. The minimum absolute atomic E-state index is 0.0156. The van der Waals surface area contributed by atoms with E-state index >= 15 is 0 Å². The van der Waals surface area contributed by atoms with E-state index in [4.69, 9.17) is 4.74 Å². The summed E-state index contributed by atoms with van der Waals surface area (Å²) >= 11 is 0. The summed E-state index contributed by atoms with van der Waals surface area (Å²) in [5.74, 6) is -0.778. The van der Waals surface area contributed by atoms with Crippen LogP contribution in [0.3, 0.4) is 0 Å². The molecule has 8 nitrogen and oxygen atoms in total. The smallest absolute Gasteiger partial charge is 0.264 e.